The maximum atomic E-state index is 12.3. The van der Waals surface area contributed by atoms with Crippen LogP contribution in [0.1, 0.15) is 17.2 Å². The van der Waals surface area contributed by atoms with Gasteiger partial charge in [-0.3, -0.25) is 10.1 Å². The predicted octanol–water partition coefficient (Wildman–Crippen LogP) is 2.60. The molecule has 2 aromatic carbocycles. The number of nitrogens with one attached hydrogen (secondary N) is 3. The topological polar surface area (TPSA) is 70.2 Å². The lowest BCUT2D eigenvalue weighted by Crippen LogP contribution is -2.42. The highest BCUT2D eigenvalue weighted by atomic mass is 16.2. The lowest BCUT2D eigenvalue weighted by atomic mass is 10.1. The van der Waals surface area contributed by atoms with Gasteiger partial charge >= 0.3 is 6.03 Å². The van der Waals surface area contributed by atoms with E-state index >= 15 is 0 Å². The Kier molecular flexibility index (Phi) is 5.14. The van der Waals surface area contributed by atoms with E-state index < -0.39 is 18.0 Å². The molecule has 0 aliphatic carbocycles. The van der Waals surface area contributed by atoms with Gasteiger partial charge in [-0.25, -0.2) is 4.79 Å². The number of rotatable bonds is 4. The molecule has 22 heavy (non-hydrogen) atoms. The van der Waals surface area contributed by atoms with Gasteiger partial charge in [0.15, 0.2) is 0 Å². The summed E-state index contributed by atoms with van der Waals surface area (Å²) in [5, 5.41) is 7.84. The van der Waals surface area contributed by atoms with Gasteiger partial charge in [-0.05, 0) is 24.6 Å². The van der Waals surface area contributed by atoms with E-state index in [0.29, 0.717) is 0 Å². The summed E-state index contributed by atoms with van der Waals surface area (Å²) in [5.41, 5.74) is 2.73. The van der Waals surface area contributed by atoms with Crippen molar-refractivity contribution in [1.82, 2.24) is 10.6 Å². The first-order valence-electron chi connectivity index (χ1n) is 7.01. The molecule has 3 N–H and O–H groups in total. The van der Waals surface area contributed by atoms with Crippen LogP contribution in [0.25, 0.3) is 0 Å². The minimum Gasteiger partial charge on any atom is -0.370 e. The molecule has 0 heterocycles. The molecule has 0 aliphatic heterocycles. The molecule has 0 aliphatic rings. The standard InChI is InChI=1S/C17H19N3O2/c1-12-8-10-14(11-9-12)19-15(13-6-4-3-5-7-13)16(21)20-17(22)18-2/h3-11,15,19H,1-2H3,(H2,18,20,21,22)/t15-/m1/s1. The number of hydrogen-bond acceptors (Lipinski definition) is 3. The summed E-state index contributed by atoms with van der Waals surface area (Å²) in [6, 6.07) is 15.8. The smallest absolute Gasteiger partial charge is 0.321 e. The number of benzene rings is 2. The Morgan fingerprint density at radius 3 is 2.18 bits per heavy atom. The molecule has 0 saturated heterocycles. The molecular formula is C17H19N3O2. The Morgan fingerprint density at radius 2 is 1.59 bits per heavy atom. The number of aryl methyl sites for hydroxylation is 1. The number of carbonyl (C=O) groups excluding carboxylic acids is 2. The second-order valence-electron chi connectivity index (χ2n) is 4.92. The summed E-state index contributed by atoms with van der Waals surface area (Å²) in [6.07, 6.45) is 0. The van der Waals surface area contributed by atoms with Crippen LogP contribution in [-0.2, 0) is 4.79 Å². The van der Waals surface area contributed by atoms with Crippen molar-refractivity contribution in [3.8, 4) is 0 Å². The zero-order valence-corrected chi connectivity index (χ0v) is 12.6. The van der Waals surface area contributed by atoms with Crippen LogP contribution in [0.15, 0.2) is 54.6 Å². The van der Waals surface area contributed by atoms with Crippen LogP contribution >= 0.6 is 0 Å². The van der Waals surface area contributed by atoms with Gasteiger partial charge in [0.2, 0.25) is 0 Å². The van der Waals surface area contributed by atoms with E-state index in [1.165, 1.54) is 7.05 Å². The highest BCUT2D eigenvalue weighted by Gasteiger charge is 2.21. The largest absolute Gasteiger partial charge is 0.370 e. The molecule has 2 aromatic rings. The SMILES string of the molecule is CNC(=O)NC(=O)[C@H](Nc1ccc(C)cc1)c1ccccc1. The van der Waals surface area contributed by atoms with Crippen LogP contribution in [0.4, 0.5) is 10.5 Å². The molecule has 114 valence electrons. The Bertz CT molecular complexity index is 639. The van der Waals surface area contributed by atoms with Crippen molar-refractivity contribution in [1.29, 1.82) is 0 Å². The quantitative estimate of drug-likeness (QED) is 0.812. The molecule has 0 fully saturated rings. The molecule has 0 aromatic heterocycles. The van der Waals surface area contributed by atoms with Crippen molar-refractivity contribution >= 4 is 17.6 Å². The van der Waals surface area contributed by atoms with Crippen LogP contribution in [-0.4, -0.2) is 19.0 Å². The van der Waals surface area contributed by atoms with Crippen molar-refractivity contribution in [3.63, 3.8) is 0 Å². The fraction of sp³-hybridized carbons (Fsp3) is 0.176. The minimum absolute atomic E-state index is 0.411. The van der Waals surface area contributed by atoms with Gasteiger partial charge in [0.25, 0.3) is 5.91 Å². The van der Waals surface area contributed by atoms with Crippen molar-refractivity contribution in [2.45, 2.75) is 13.0 Å². The van der Waals surface area contributed by atoms with E-state index in [4.69, 9.17) is 0 Å². The molecule has 3 amide bonds. The second kappa shape index (κ2) is 7.26. The van der Waals surface area contributed by atoms with E-state index in [0.717, 1.165) is 16.8 Å². The Labute approximate surface area is 129 Å². The number of urea groups is 1. The van der Waals surface area contributed by atoms with Crippen molar-refractivity contribution in [2.75, 3.05) is 12.4 Å². The van der Waals surface area contributed by atoms with E-state index in [9.17, 15) is 9.59 Å². The minimum atomic E-state index is -0.652. The average Bonchev–Trinajstić information content (AvgIpc) is 2.54. The molecule has 1 atom stereocenters. The van der Waals surface area contributed by atoms with Crippen molar-refractivity contribution < 1.29 is 9.59 Å². The third-order valence-corrected chi connectivity index (χ3v) is 3.22. The number of imide groups is 1. The molecule has 0 spiro atoms. The highest BCUT2D eigenvalue weighted by Crippen LogP contribution is 2.20. The van der Waals surface area contributed by atoms with Gasteiger partial charge in [0.05, 0.1) is 0 Å². The van der Waals surface area contributed by atoms with E-state index in [-0.39, 0.29) is 0 Å². The highest BCUT2D eigenvalue weighted by molar-refractivity contribution is 5.98. The maximum absolute atomic E-state index is 12.3. The third-order valence-electron chi connectivity index (χ3n) is 3.22. The lowest BCUT2D eigenvalue weighted by Gasteiger charge is -2.19. The van der Waals surface area contributed by atoms with E-state index in [1.807, 2.05) is 61.5 Å². The van der Waals surface area contributed by atoms with Gasteiger partial charge in [-0.15, -0.1) is 0 Å². The summed E-state index contributed by atoms with van der Waals surface area (Å²) in [5.74, 6) is -0.411. The number of carbonyl (C=O) groups is 2. The summed E-state index contributed by atoms with van der Waals surface area (Å²) in [4.78, 5) is 23.7. The summed E-state index contributed by atoms with van der Waals surface area (Å²) in [6.45, 7) is 2.00. The van der Waals surface area contributed by atoms with Gasteiger partial charge in [0, 0.05) is 12.7 Å². The van der Waals surface area contributed by atoms with Gasteiger partial charge in [0.1, 0.15) is 6.04 Å². The Hall–Kier alpha value is -2.82. The summed E-state index contributed by atoms with van der Waals surface area (Å²) >= 11 is 0. The third kappa shape index (κ3) is 4.09. The van der Waals surface area contributed by atoms with Crippen LogP contribution in [0, 0.1) is 6.92 Å². The number of hydrogen-bond donors (Lipinski definition) is 3. The van der Waals surface area contributed by atoms with Gasteiger partial charge in [-0.2, -0.15) is 0 Å². The molecule has 2 rings (SSSR count). The predicted molar refractivity (Wildman–Crippen MR) is 86.6 cm³/mol. The van der Waals surface area contributed by atoms with Gasteiger partial charge in [-0.1, -0.05) is 48.0 Å². The zero-order valence-electron chi connectivity index (χ0n) is 12.6. The van der Waals surface area contributed by atoms with Crippen LogP contribution in [0.5, 0.6) is 0 Å². The first-order chi connectivity index (χ1) is 10.6. The molecular weight excluding hydrogens is 278 g/mol. The number of anilines is 1. The zero-order chi connectivity index (χ0) is 15.9. The molecule has 0 unspecified atom stereocenters. The molecule has 5 heteroatoms. The fourth-order valence-electron chi connectivity index (χ4n) is 2.01. The fourth-order valence-corrected chi connectivity index (χ4v) is 2.01. The van der Waals surface area contributed by atoms with Crippen LogP contribution in [0.3, 0.4) is 0 Å². The lowest BCUT2D eigenvalue weighted by molar-refractivity contribution is -0.120. The average molecular weight is 297 g/mol. The van der Waals surface area contributed by atoms with Gasteiger partial charge < -0.3 is 10.6 Å². The van der Waals surface area contributed by atoms with E-state index in [2.05, 4.69) is 16.0 Å². The maximum Gasteiger partial charge on any atom is 0.321 e. The van der Waals surface area contributed by atoms with E-state index in [1.54, 1.807) is 0 Å². The van der Waals surface area contributed by atoms with Crippen molar-refractivity contribution in [2.24, 2.45) is 0 Å². The Balaban J connectivity index is 2.23. The summed E-state index contributed by atoms with van der Waals surface area (Å²) in [7, 11) is 1.47. The molecule has 0 radical (unpaired) electrons. The van der Waals surface area contributed by atoms with Crippen molar-refractivity contribution in [3.05, 3.63) is 65.7 Å². The monoisotopic (exact) mass is 297 g/mol. The normalized spacial score (nSPS) is 11.4. The molecule has 0 bridgehead atoms. The second-order valence-corrected chi connectivity index (χ2v) is 4.92. The summed E-state index contributed by atoms with van der Waals surface area (Å²) < 4.78 is 0. The molecule has 0 saturated carbocycles. The van der Waals surface area contributed by atoms with Crippen LogP contribution < -0.4 is 16.0 Å². The Morgan fingerprint density at radius 1 is 0.955 bits per heavy atom. The first-order valence-corrected chi connectivity index (χ1v) is 7.01. The molecule has 5 nitrogen and oxygen atoms in total. The number of amides is 3. The van der Waals surface area contributed by atoms with Crippen LogP contribution in [0.2, 0.25) is 0 Å². The first kappa shape index (κ1) is 15.6.